The van der Waals surface area contributed by atoms with E-state index >= 15 is 0 Å². The smallest absolute Gasteiger partial charge is 0.347 e. The molecular weight excluding hydrogens is 478 g/mol. The Kier molecular flexibility index (Phi) is 7.29. The van der Waals surface area contributed by atoms with Crippen LogP contribution in [0, 0.1) is 0 Å². The van der Waals surface area contributed by atoms with Crippen molar-refractivity contribution in [3.63, 3.8) is 0 Å². The number of carbonyl (C=O) groups excluding carboxylic acids is 2. The second-order valence-electron chi connectivity index (χ2n) is 7.31. The van der Waals surface area contributed by atoms with E-state index in [1.165, 1.54) is 61.7 Å². The fourth-order valence-electron chi connectivity index (χ4n) is 3.11. The fourth-order valence-corrected chi connectivity index (χ4v) is 3.42. The fraction of sp³-hybridized carbons (Fsp3) is 0.174. The van der Waals surface area contributed by atoms with Crippen molar-refractivity contribution >= 4 is 35.0 Å². The summed E-state index contributed by atoms with van der Waals surface area (Å²) in [6, 6.07) is 9.42. The molecule has 1 atom stereocenters. The molecule has 0 fully saturated rings. The van der Waals surface area contributed by atoms with Crippen molar-refractivity contribution < 1.29 is 22.8 Å². The monoisotopic (exact) mass is 495 g/mol. The molecule has 1 aromatic heterocycles. The third kappa shape index (κ3) is 5.64. The average Bonchev–Trinajstić information content (AvgIpc) is 2.78. The number of nitrogens with one attached hydrogen (secondary N) is 1. The SMILES string of the molecule is CN(C)C(=O)[C@@H](NC(=O)c1cnccc1-c1ccc(C(F)(F)F)cc1)c1ccc(Cl)c(Cl)c1. The molecular formula is C23H18Cl2F3N3O2. The molecule has 0 spiro atoms. The Morgan fingerprint density at radius 3 is 2.24 bits per heavy atom. The van der Waals surface area contributed by atoms with Crippen molar-refractivity contribution in [2.24, 2.45) is 0 Å². The molecule has 0 aliphatic heterocycles. The summed E-state index contributed by atoms with van der Waals surface area (Å²) in [7, 11) is 3.08. The van der Waals surface area contributed by atoms with Gasteiger partial charge < -0.3 is 10.2 Å². The van der Waals surface area contributed by atoms with Gasteiger partial charge in [-0.05, 0) is 47.0 Å². The van der Waals surface area contributed by atoms with Crippen LogP contribution in [0.1, 0.15) is 27.5 Å². The predicted octanol–water partition coefficient (Wildman–Crippen LogP) is 5.63. The van der Waals surface area contributed by atoms with Gasteiger partial charge in [-0.3, -0.25) is 14.6 Å². The first-order valence-corrected chi connectivity index (χ1v) is 10.3. The zero-order valence-corrected chi connectivity index (χ0v) is 19.0. The largest absolute Gasteiger partial charge is 0.416 e. The highest BCUT2D eigenvalue weighted by atomic mass is 35.5. The first-order valence-electron chi connectivity index (χ1n) is 9.57. The summed E-state index contributed by atoms with van der Waals surface area (Å²) in [5.74, 6) is -1.05. The van der Waals surface area contributed by atoms with Gasteiger partial charge in [0.2, 0.25) is 5.91 Å². The van der Waals surface area contributed by atoms with Crippen molar-refractivity contribution in [3.8, 4) is 11.1 Å². The Bertz CT molecular complexity index is 1180. The third-order valence-corrected chi connectivity index (χ3v) is 5.57. The standard InChI is InChI=1S/C23H18Cl2F3N3O2/c1-31(2)22(33)20(14-5-8-18(24)19(25)11-14)30-21(32)17-12-29-10-9-16(17)13-3-6-15(7-4-13)23(26,27)28/h3-12,20H,1-2H3,(H,30,32)/t20-/m0/s1. The summed E-state index contributed by atoms with van der Waals surface area (Å²) >= 11 is 12.0. The topological polar surface area (TPSA) is 62.3 Å². The van der Waals surface area contributed by atoms with Crippen LogP contribution in [0.25, 0.3) is 11.1 Å². The Balaban J connectivity index is 1.97. The average molecular weight is 496 g/mol. The lowest BCUT2D eigenvalue weighted by atomic mass is 9.99. The molecule has 3 rings (SSSR count). The van der Waals surface area contributed by atoms with Gasteiger partial charge in [-0.2, -0.15) is 13.2 Å². The minimum absolute atomic E-state index is 0.0916. The molecule has 0 saturated heterocycles. The lowest BCUT2D eigenvalue weighted by molar-refractivity contribution is -0.137. The summed E-state index contributed by atoms with van der Waals surface area (Å²) in [5.41, 5.74) is 0.454. The molecule has 0 aliphatic rings. The highest BCUT2D eigenvalue weighted by molar-refractivity contribution is 6.42. The van der Waals surface area contributed by atoms with E-state index in [1.807, 2.05) is 0 Å². The van der Waals surface area contributed by atoms with E-state index in [-0.39, 0.29) is 10.6 Å². The maximum absolute atomic E-state index is 13.2. The number of rotatable bonds is 5. The zero-order chi connectivity index (χ0) is 24.3. The van der Waals surface area contributed by atoms with Gasteiger partial charge in [-0.25, -0.2) is 0 Å². The zero-order valence-electron chi connectivity index (χ0n) is 17.5. The molecule has 10 heteroatoms. The van der Waals surface area contributed by atoms with Crippen molar-refractivity contribution in [1.82, 2.24) is 15.2 Å². The van der Waals surface area contributed by atoms with Crippen LogP contribution in [0.5, 0.6) is 0 Å². The molecule has 0 aliphatic carbocycles. The molecule has 5 nitrogen and oxygen atoms in total. The highest BCUT2D eigenvalue weighted by Gasteiger charge is 2.30. The lowest BCUT2D eigenvalue weighted by Crippen LogP contribution is -2.40. The minimum atomic E-state index is -4.48. The first kappa shape index (κ1) is 24.5. The number of alkyl halides is 3. The number of halogens is 5. The van der Waals surface area contributed by atoms with Crippen LogP contribution in [0.2, 0.25) is 10.0 Å². The normalized spacial score (nSPS) is 12.2. The second kappa shape index (κ2) is 9.80. The lowest BCUT2D eigenvalue weighted by Gasteiger charge is -2.23. The second-order valence-corrected chi connectivity index (χ2v) is 8.12. The van der Waals surface area contributed by atoms with Gasteiger partial charge in [0.05, 0.1) is 21.2 Å². The molecule has 0 radical (unpaired) electrons. The molecule has 3 aromatic rings. The van der Waals surface area contributed by atoms with E-state index in [2.05, 4.69) is 10.3 Å². The van der Waals surface area contributed by atoms with E-state index in [9.17, 15) is 22.8 Å². The first-order chi connectivity index (χ1) is 15.5. The summed E-state index contributed by atoms with van der Waals surface area (Å²) in [5, 5.41) is 3.18. The van der Waals surface area contributed by atoms with Crippen LogP contribution in [0.3, 0.4) is 0 Å². The molecule has 1 N–H and O–H groups in total. The summed E-state index contributed by atoms with van der Waals surface area (Å²) in [6.07, 6.45) is -1.77. The van der Waals surface area contributed by atoms with Crippen molar-refractivity contribution in [3.05, 3.63) is 87.7 Å². The number of pyridine rings is 1. The minimum Gasteiger partial charge on any atom is -0.347 e. The van der Waals surface area contributed by atoms with Crippen molar-refractivity contribution in [2.45, 2.75) is 12.2 Å². The number of aromatic nitrogens is 1. The quantitative estimate of drug-likeness (QED) is 0.498. The molecule has 0 bridgehead atoms. The number of amides is 2. The molecule has 33 heavy (non-hydrogen) atoms. The number of carbonyl (C=O) groups is 2. The Morgan fingerprint density at radius 2 is 1.67 bits per heavy atom. The third-order valence-electron chi connectivity index (χ3n) is 4.83. The van der Waals surface area contributed by atoms with Crippen molar-refractivity contribution in [1.29, 1.82) is 0 Å². The van der Waals surface area contributed by atoms with Gasteiger partial charge in [0, 0.05) is 26.5 Å². The highest BCUT2D eigenvalue weighted by Crippen LogP contribution is 2.32. The number of hydrogen-bond donors (Lipinski definition) is 1. The van der Waals surface area contributed by atoms with Crippen molar-refractivity contribution in [2.75, 3.05) is 14.1 Å². The maximum Gasteiger partial charge on any atom is 0.416 e. The summed E-state index contributed by atoms with van der Waals surface area (Å²) < 4.78 is 38.7. The van der Waals surface area contributed by atoms with E-state index in [0.29, 0.717) is 21.7 Å². The van der Waals surface area contributed by atoms with E-state index in [4.69, 9.17) is 23.2 Å². The van der Waals surface area contributed by atoms with Crippen LogP contribution in [0.4, 0.5) is 13.2 Å². The van der Waals surface area contributed by atoms with E-state index in [1.54, 1.807) is 6.07 Å². The summed E-state index contributed by atoms with van der Waals surface area (Å²) in [6.45, 7) is 0. The number of nitrogens with zero attached hydrogens (tertiary/aromatic N) is 2. The van der Waals surface area contributed by atoms with Gasteiger partial charge in [0.15, 0.2) is 0 Å². The molecule has 0 saturated carbocycles. The molecule has 0 unspecified atom stereocenters. The number of benzene rings is 2. The molecule has 2 aromatic carbocycles. The van der Waals surface area contributed by atoms with Crippen LogP contribution in [0.15, 0.2) is 60.9 Å². The number of likely N-dealkylation sites (N-methyl/N-ethyl adjacent to an activating group) is 1. The summed E-state index contributed by atoms with van der Waals surface area (Å²) in [4.78, 5) is 31.2. The Morgan fingerprint density at radius 1 is 1.00 bits per heavy atom. The van der Waals surface area contributed by atoms with Crippen LogP contribution >= 0.6 is 23.2 Å². The molecule has 1 heterocycles. The van der Waals surface area contributed by atoms with E-state index < -0.39 is 29.6 Å². The van der Waals surface area contributed by atoms with E-state index in [0.717, 1.165) is 12.1 Å². The molecule has 2 amide bonds. The van der Waals surface area contributed by atoms with Gasteiger partial charge in [0.25, 0.3) is 5.91 Å². The maximum atomic E-state index is 13.2. The van der Waals surface area contributed by atoms with Gasteiger partial charge in [0.1, 0.15) is 6.04 Å². The van der Waals surface area contributed by atoms with Gasteiger partial charge in [-0.15, -0.1) is 0 Å². The van der Waals surface area contributed by atoms with Gasteiger partial charge >= 0.3 is 6.18 Å². The van der Waals surface area contributed by atoms with Crippen LogP contribution in [-0.2, 0) is 11.0 Å². The predicted molar refractivity (Wildman–Crippen MR) is 120 cm³/mol. The van der Waals surface area contributed by atoms with Crippen LogP contribution < -0.4 is 5.32 Å². The Hall–Kier alpha value is -3.10. The van der Waals surface area contributed by atoms with Gasteiger partial charge in [-0.1, -0.05) is 41.4 Å². The molecule has 172 valence electrons. The Labute approximate surface area is 198 Å². The number of hydrogen-bond acceptors (Lipinski definition) is 3. The van der Waals surface area contributed by atoms with Crippen LogP contribution in [-0.4, -0.2) is 35.8 Å².